The summed E-state index contributed by atoms with van der Waals surface area (Å²) in [5.41, 5.74) is 0.711. The largest absolute Gasteiger partial charge is 0.494 e. The van der Waals surface area contributed by atoms with Gasteiger partial charge in [-0.3, -0.25) is 4.79 Å². The number of halogens is 2. The maximum absolute atomic E-state index is 13.6. The summed E-state index contributed by atoms with van der Waals surface area (Å²) in [4.78, 5) is 11.9. The van der Waals surface area contributed by atoms with Crippen molar-refractivity contribution in [3.63, 3.8) is 0 Å². The van der Waals surface area contributed by atoms with Gasteiger partial charge in [-0.05, 0) is 31.7 Å². The molecule has 2 N–H and O–H groups in total. The lowest BCUT2D eigenvalue weighted by Gasteiger charge is -2.18. The number of hydrogen-bond donors (Lipinski definition) is 2. The zero-order chi connectivity index (χ0) is 14.4. The average molecular weight is 305 g/mol. The van der Waals surface area contributed by atoms with Gasteiger partial charge in [0, 0.05) is 12.5 Å². The van der Waals surface area contributed by atoms with Crippen molar-refractivity contribution in [1.29, 1.82) is 0 Å². The second kappa shape index (κ2) is 8.76. The zero-order valence-electron chi connectivity index (χ0n) is 12.2. The van der Waals surface area contributed by atoms with Gasteiger partial charge in [-0.15, -0.1) is 12.4 Å². The first-order valence-corrected chi connectivity index (χ1v) is 6.28. The smallest absolute Gasteiger partial charge is 0.224 e. The van der Waals surface area contributed by atoms with Crippen molar-refractivity contribution in [2.45, 2.75) is 19.9 Å². The van der Waals surface area contributed by atoms with E-state index in [1.165, 1.54) is 13.2 Å². The van der Waals surface area contributed by atoms with Crippen LogP contribution < -0.4 is 15.4 Å². The third-order valence-electron chi connectivity index (χ3n) is 2.99. The highest BCUT2D eigenvalue weighted by Crippen LogP contribution is 2.21. The first kappa shape index (κ1) is 18.7. The van der Waals surface area contributed by atoms with Crippen LogP contribution >= 0.6 is 12.4 Å². The number of benzene rings is 1. The van der Waals surface area contributed by atoms with Gasteiger partial charge in [0.15, 0.2) is 11.6 Å². The van der Waals surface area contributed by atoms with Gasteiger partial charge in [0.1, 0.15) is 0 Å². The fourth-order valence-corrected chi connectivity index (χ4v) is 1.79. The normalized spacial score (nSPS) is 13.1. The van der Waals surface area contributed by atoms with E-state index in [-0.39, 0.29) is 36.0 Å². The van der Waals surface area contributed by atoms with E-state index in [1.807, 2.05) is 13.8 Å². The molecule has 6 heteroatoms. The van der Waals surface area contributed by atoms with Crippen LogP contribution in [0.1, 0.15) is 25.5 Å². The molecule has 2 atom stereocenters. The van der Waals surface area contributed by atoms with Crippen LogP contribution in [0.25, 0.3) is 0 Å². The molecule has 4 nitrogen and oxygen atoms in total. The van der Waals surface area contributed by atoms with E-state index in [0.29, 0.717) is 12.1 Å². The number of amides is 1. The maximum Gasteiger partial charge on any atom is 0.224 e. The maximum atomic E-state index is 13.6. The first-order chi connectivity index (χ1) is 8.99. The molecule has 2 unspecified atom stereocenters. The minimum absolute atomic E-state index is 0. The van der Waals surface area contributed by atoms with Crippen molar-refractivity contribution < 1.29 is 13.9 Å². The molecule has 1 aromatic carbocycles. The third kappa shape index (κ3) is 4.98. The van der Waals surface area contributed by atoms with Gasteiger partial charge in [-0.1, -0.05) is 13.0 Å². The Morgan fingerprint density at radius 1 is 1.40 bits per heavy atom. The molecule has 0 saturated carbocycles. The topological polar surface area (TPSA) is 50.4 Å². The first-order valence-electron chi connectivity index (χ1n) is 6.28. The molecule has 114 valence electrons. The van der Waals surface area contributed by atoms with Gasteiger partial charge in [0.25, 0.3) is 0 Å². The van der Waals surface area contributed by atoms with Crippen molar-refractivity contribution >= 4 is 18.3 Å². The molecule has 20 heavy (non-hydrogen) atoms. The molecule has 0 aliphatic rings. The summed E-state index contributed by atoms with van der Waals surface area (Å²) < 4.78 is 18.4. The molecular weight excluding hydrogens is 283 g/mol. The van der Waals surface area contributed by atoms with Gasteiger partial charge in [0.2, 0.25) is 5.91 Å². The van der Waals surface area contributed by atoms with Crippen LogP contribution in [-0.4, -0.2) is 26.6 Å². The highest BCUT2D eigenvalue weighted by atomic mass is 35.5. The summed E-state index contributed by atoms with van der Waals surface area (Å²) in [6, 6.07) is 4.44. The van der Waals surface area contributed by atoms with Crippen LogP contribution in [0.3, 0.4) is 0 Å². The van der Waals surface area contributed by atoms with E-state index >= 15 is 0 Å². The van der Waals surface area contributed by atoms with E-state index in [1.54, 1.807) is 19.2 Å². The van der Waals surface area contributed by atoms with Gasteiger partial charge in [0.05, 0.1) is 13.2 Å². The summed E-state index contributed by atoms with van der Waals surface area (Å²) in [6.45, 7) is 4.27. The number of nitrogens with one attached hydrogen (secondary N) is 2. The highest BCUT2D eigenvalue weighted by molar-refractivity contribution is 5.85. The molecular formula is C14H22ClFN2O2. The lowest BCUT2D eigenvalue weighted by molar-refractivity contribution is -0.125. The van der Waals surface area contributed by atoms with E-state index in [2.05, 4.69) is 10.6 Å². The van der Waals surface area contributed by atoms with Crippen LogP contribution in [0, 0.1) is 11.7 Å². The number of hydrogen-bond acceptors (Lipinski definition) is 3. The monoisotopic (exact) mass is 304 g/mol. The molecule has 0 aliphatic heterocycles. The second-order valence-corrected chi connectivity index (χ2v) is 4.58. The van der Waals surface area contributed by atoms with Crippen molar-refractivity contribution in [2.75, 3.05) is 20.7 Å². The van der Waals surface area contributed by atoms with Crippen LogP contribution in [0.15, 0.2) is 18.2 Å². The van der Waals surface area contributed by atoms with E-state index < -0.39 is 5.82 Å². The molecule has 1 rings (SSSR count). The molecule has 0 aromatic heterocycles. The molecule has 1 amide bonds. The second-order valence-electron chi connectivity index (χ2n) is 4.58. The molecule has 0 aliphatic carbocycles. The SMILES string of the molecule is CNCC(C)C(=O)NC(C)c1ccc(OC)c(F)c1.Cl. The van der Waals surface area contributed by atoms with Gasteiger partial charge in [-0.25, -0.2) is 4.39 Å². The minimum Gasteiger partial charge on any atom is -0.494 e. The lowest BCUT2D eigenvalue weighted by atomic mass is 10.1. The lowest BCUT2D eigenvalue weighted by Crippen LogP contribution is -2.35. The van der Waals surface area contributed by atoms with Crippen molar-refractivity contribution in [3.8, 4) is 5.75 Å². The molecule has 0 fully saturated rings. The molecule has 0 spiro atoms. The molecule has 0 radical (unpaired) electrons. The molecule has 0 bridgehead atoms. The Hall–Kier alpha value is -1.33. The Labute approximate surface area is 125 Å². The highest BCUT2D eigenvalue weighted by Gasteiger charge is 2.16. The van der Waals surface area contributed by atoms with Crippen LogP contribution in [0.2, 0.25) is 0 Å². The van der Waals surface area contributed by atoms with Crippen molar-refractivity contribution in [3.05, 3.63) is 29.6 Å². The van der Waals surface area contributed by atoms with E-state index in [4.69, 9.17) is 4.74 Å². The minimum atomic E-state index is -0.427. The van der Waals surface area contributed by atoms with Gasteiger partial charge >= 0.3 is 0 Å². The number of carbonyl (C=O) groups excluding carboxylic acids is 1. The summed E-state index contributed by atoms with van der Waals surface area (Å²) in [6.07, 6.45) is 0. The third-order valence-corrected chi connectivity index (χ3v) is 2.99. The number of ether oxygens (including phenoxy) is 1. The molecule has 0 heterocycles. The van der Waals surface area contributed by atoms with E-state index in [0.717, 1.165) is 0 Å². The quantitative estimate of drug-likeness (QED) is 0.848. The summed E-state index contributed by atoms with van der Waals surface area (Å²) in [7, 11) is 3.22. The van der Waals surface area contributed by atoms with Crippen molar-refractivity contribution in [2.24, 2.45) is 5.92 Å². The average Bonchev–Trinajstić information content (AvgIpc) is 2.38. The Bertz CT molecular complexity index is 443. The van der Waals surface area contributed by atoms with Crippen LogP contribution in [-0.2, 0) is 4.79 Å². The Kier molecular flexibility index (Phi) is 8.18. The fourth-order valence-electron chi connectivity index (χ4n) is 1.79. The van der Waals surface area contributed by atoms with Crippen LogP contribution in [0.5, 0.6) is 5.75 Å². The predicted octanol–water partition coefficient (Wildman–Crippen LogP) is 2.29. The van der Waals surface area contributed by atoms with E-state index in [9.17, 15) is 9.18 Å². The Balaban J connectivity index is 0.00000361. The van der Waals surface area contributed by atoms with Gasteiger partial charge in [-0.2, -0.15) is 0 Å². The summed E-state index contributed by atoms with van der Waals surface area (Å²) >= 11 is 0. The summed E-state index contributed by atoms with van der Waals surface area (Å²) in [5, 5.41) is 5.81. The van der Waals surface area contributed by atoms with Crippen molar-refractivity contribution in [1.82, 2.24) is 10.6 Å². The Morgan fingerprint density at radius 2 is 2.05 bits per heavy atom. The Morgan fingerprint density at radius 3 is 2.55 bits per heavy atom. The molecule has 1 aromatic rings. The molecule has 0 saturated heterocycles. The summed E-state index contributed by atoms with van der Waals surface area (Å²) in [5.74, 6) is -0.413. The standard InChI is InChI=1S/C14H21FN2O2.ClH/c1-9(8-16-3)14(18)17-10(2)11-5-6-13(19-4)12(15)7-11;/h5-7,9-10,16H,8H2,1-4H3,(H,17,18);1H. The number of methoxy groups -OCH3 is 1. The van der Waals surface area contributed by atoms with Gasteiger partial charge < -0.3 is 15.4 Å². The fraction of sp³-hybridized carbons (Fsp3) is 0.500. The zero-order valence-corrected chi connectivity index (χ0v) is 13.0. The number of rotatable bonds is 6. The predicted molar refractivity (Wildman–Crippen MR) is 79.8 cm³/mol. The van der Waals surface area contributed by atoms with Crippen LogP contribution in [0.4, 0.5) is 4.39 Å². The number of carbonyl (C=O) groups is 1.